The Balaban J connectivity index is 2.49. The molecule has 0 unspecified atom stereocenters. The van der Waals surface area contributed by atoms with Crippen LogP contribution in [-0.4, -0.2) is 29.8 Å². The van der Waals surface area contributed by atoms with Crippen LogP contribution in [-0.2, 0) is 11.2 Å². The van der Waals surface area contributed by atoms with Crippen molar-refractivity contribution in [3.63, 3.8) is 0 Å². The molecule has 0 saturated carbocycles. The first-order valence-electron chi connectivity index (χ1n) is 5.00. The third-order valence-electron chi connectivity index (χ3n) is 1.72. The van der Waals surface area contributed by atoms with E-state index in [-0.39, 0.29) is 0 Å². The van der Waals surface area contributed by atoms with Crippen molar-refractivity contribution in [2.24, 2.45) is 0 Å². The highest BCUT2D eigenvalue weighted by Crippen LogP contribution is 2.13. The van der Waals surface area contributed by atoms with Crippen molar-refractivity contribution in [1.29, 1.82) is 0 Å². The van der Waals surface area contributed by atoms with Gasteiger partial charge in [0.05, 0.1) is 6.61 Å². The lowest BCUT2D eigenvalue weighted by atomic mass is 10.4. The van der Waals surface area contributed by atoms with Crippen LogP contribution in [0, 0.1) is 0 Å². The molecular weight excluding hydrogens is 216 g/mol. The minimum Gasteiger partial charge on any atom is -0.475 e. The number of nitrogens with zero attached hydrogens (tertiary/aromatic N) is 2. The lowest BCUT2D eigenvalue weighted by molar-refractivity contribution is 0.108. The summed E-state index contributed by atoms with van der Waals surface area (Å²) in [5.74, 6) is 1.19. The largest absolute Gasteiger partial charge is 0.475 e. The first-order chi connectivity index (χ1) is 7.26. The normalized spacial score (nSPS) is 10.3. The third kappa shape index (κ3) is 4.44. The summed E-state index contributed by atoms with van der Waals surface area (Å²) >= 11 is 5.81. The van der Waals surface area contributed by atoms with E-state index in [9.17, 15) is 0 Å². The van der Waals surface area contributed by atoms with Gasteiger partial charge >= 0.3 is 0 Å². The monoisotopic (exact) mass is 230 g/mol. The van der Waals surface area contributed by atoms with Gasteiger partial charge < -0.3 is 9.47 Å². The van der Waals surface area contributed by atoms with Gasteiger partial charge in [0.1, 0.15) is 17.6 Å². The van der Waals surface area contributed by atoms with Gasteiger partial charge in [0.25, 0.3) is 0 Å². The summed E-state index contributed by atoms with van der Waals surface area (Å²) in [6.45, 7) is 5.63. The molecule has 5 heteroatoms. The Hall–Kier alpha value is -0.870. The van der Waals surface area contributed by atoms with Crippen molar-refractivity contribution in [2.45, 2.75) is 20.3 Å². The lowest BCUT2D eigenvalue weighted by Crippen LogP contribution is -2.08. The van der Waals surface area contributed by atoms with Crippen molar-refractivity contribution in [2.75, 3.05) is 19.8 Å². The number of hydrogen-bond acceptors (Lipinski definition) is 4. The maximum Gasteiger partial charge on any atom is 0.218 e. The summed E-state index contributed by atoms with van der Waals surface area (Å²) in [5.41, 5.74) is 0. The fourth-order valence-corrected chi connectivity index (χ4v) is 1.21. The number of halogens is 1. The summed E-state index contributed by atoms with van der Waals surface area (Å²) in [6, 6.07) is 1.60. The third-order valence-corrected chi connectivity index (χ3v) is 1.91. The molecule has 1 heterocycles. The number of ether oxygens (including phenoxy) is 2. The predicted molar refractivity (Wildman–Crippen MR) is 58.4 cm³/mol. The molecule has 0 atom stereocenters. The van der Waals surface area contributed by atoms with Gasteiger partial charge in [-0.3, -0.25) is 0 Å². The van der Waals surface area contributed by atoms with Crippen LogP contribution in [0.5, 0.6) is 5.88 Å². The maximum absolute atomic E-state index is 5.81. The van der Waals surface area contributed by atoms with Gasteiger partial charge in [0.15, 0.2) is 0 Å². The van der Waals surface area contributed by atoms with Crippen LogP contribution >= 0.6 is 11.6 Å². The highest BCUT2D eigenvalue weighted by Gasteiger charge is 2.02. The molecule has 0 bridgehead atoms. The highest BCUT2D eigenvalue weighted by atomic mass is 35.5. The molecule has 0 radical (unpaired) electrons. The van der Waals surface area contributed by atoms with Crippen LogP contribution in [0.4, 0.5) is 0 Å². The molecule has 0 fully saturated rings. The van der Waals surface area contributed by atoms with E-state index in [2.05, 4.69) is 9.97 Å². The first kappa shape index (κ1) is 12.2. The second-order valence-electron chi connectivity index (χ2n) is 2.84. The van der Waals surface area contributed by atoms with Gasteiger partial charge in [-0.2, -0.15) is 4.98 Å². The Labute approximate surface area is 94.6 Å². The van der Waals surface area contributed by atoms with Crippen molar-refractivity contribution in [3.05, 3.63) is 17.0 Å². The van der Waals surface area contributed by atoms with Crippen LogP contribution in [0.15, 0.2) is 6.07 Å². The van der Waals surface area contributed by atoms with E-state index < -0.39 is 0 Å². The van der Waals surface area contributed by atoms with E-state index in [0.717, 1.165) is 6.42 Å². The average molecular weight is 231 g/mol. The summed E-state index contributed by atoms with van der Waals surface area (Å²) in [5, 5.41) is 0.410. The Kier molecular flexibility index (Phi) is 5.36. The molecule has 0 aliphatic rings. The molecule has 1 rings (SSSR count). The van der Waals surface area contributed by atoms with Gasteiger partial charge in [-0.25, -0.2) is 4.98 Å². The molecule has 1 aromatic rings. The van der Waals surface area contributed by atoms with Crippen molar-refractivity contribution in [1.82, 2.24) is 9.97 Å². The Bertz CT molecular complexity index is 307. The van der Waals surface area contributed by atoms with E-state index in [0.29, 0.717) is 36.7 Å². The Morgan fingerprint density at radius 1 is 1.27 bits per heavy atom. The summed E-state index contributed by atoms with van der Waals surface area (Å²) in [4.78, 5) is 8.22. The maximum atomic E-state index is 5.81. The number of rotatable bonds is 6. The van der Waals surface area contributed by atoms with Gasteiger partial charge in [0, 0.05) is 19.1 Å². The van der Waals surface area contributed by atoms with Gasteiger partial charge in [-0.1, -0.05) is 18.5 Å². The zero-order valence-corrected chi connectivity index (χ0v) is 9.75. The second kappa shape index (κ2) is 6.58. The quantitative estimate of drug-likeness (QED) is 0.555. The number of aryl methyl sites for hydroxylation is 1. The molecule has 0 amide bonds. The van der Waals surface area contributed by atoms with E-state index >= 15 is 0 Å². The molecule has 0 saturated heterocycles. The molecule has 84 valence electrons. The van der Waals surface area contributed by atoms with E-state index in [1.807, 2.05) is 13.8 Å². The second-order valence-corrected chi connectivity index (χ2v) is 3.23. The van der Waals surface area contributed by atoms with Gasteiger partial charge in [-0.15, -0.1) is 0 Å². The van der Waals surface area contributed by atoms with Crippen LogP contribution in [0.25, 0.3) is 0 Å². The zero-order chi connectivity index (χ0) is 11.1. The molecule has 0 aliphatic carbocycles. The Morgan fingerprint density at radius 3 is 2.73 bits per heavy atom. The molecule has 0 aliphatic heterocycles. The molecule has 15 heavy (non-hydrogen) atoms. The van der Waals surface area contributed by atoms with Crippen LogP contribution in [0.3, 0.4) is 0 Å². The fraction of sp³-hybridized carbons (Fsp3) is 0.600. The van der Waals surface area contributed by atoms with Crippen LogP contribution < -0.4 is 4.74 Å². The SMILES string of the molecule is CCOCCOc1cc(Cl)nc(CC)n1. The smallest absolute Gasteiger partial charge is 0.218 e. The average Bonchev–Trinajstić information content (AvgIpc) is 2.23. The van der Waals surface area contributed by atoms with Crippen LogP contribution in [0.1, 0.15) is 19.7 Å². The fourth-order valence-electron chi connectivity index (χ4n) is 1.02. The van der Waals surface area contributed by atoms with E-state index in [1.54, 1.807) is 6.07 Å². The minimum atomic E-state index is 0.410. The van der Waals surface area contributed by atoms with E-state index in [4.69, 9.17) is 21.1 Å². The summed E-state index contributed by atoms with van der Waals surface area (Å²) in [6.07, 6.45) is 0.738. The number of hydrogen-bond donors (Lipinski definition) is 0. The summed E-state index contributed by atoms with van der Waals surface area (Å²) in [7, 11) is 0. The van der Waals surface area contributed by atoms with Gasteiger partial charge in [0.2, 0.25) is 5.88 Å². The van der Waals surface area contributed by atoms with Crippen LogP contribution in [0.2, 0.25) is 5.15 Å². The number of aromatic nitrogens is 2. The molecule has 1 aromatic heterocycles. The molecular formula is C10H15ClN2O2. The topological polar surface area (TPSA) is 44.2 Å². The molecule has 0 spiro atoms. The molecule has 0 aromatic carbocycles. The molecule has 0 N–H and O–H groups in total. The van der Waals surface area contributed by atoms with Crippen molar-refractivity contribution in [3.8, 4) is 5.88 Å². The van der Waals surface area contributed by atoms with Crippen molar-refractivity contribution < 1.29 is 9.47 Å². The zero-order valence-electron chi connectivity index (χ0n) is 8.99. The highest BCUT2D eigenvalue weighted by molar-refractivity contribution is 6.29. The first-order valence-corrected chi connectivity index (χ1v) is 5.38. The lowest BCUT2D eigenvalue weighted by Gasteiger charge is -2.06. The van der Waals surface area contributed by atoms with E-state index in [1.165, 1.54) is 0 Å². The standard InChI is InChI=1S/C10H15ClN2O2/c1-3-9-12-8(11)7-10(13-9)15-6-5-14-4-2/h7H,3-6H2,1-2H3. The van der Waals surface area contributed by atoms with Gasteiger partial charge in [-0.05, 0) is 6.92 Å². The summed E-state index contributed by atoms with van der Waals surface area (Å²) < 4.78 is 10.5. The van der Waals surface area contributed by atoms with Crippen molar-refractivity contribution >= 4 is 11.6 Å². The molecule has 4 nitrogen and oxygen atoms in total. The predicted octanol–water partition coefficient (Wildman–Crippen LogP) is 2.11. The Morgan fingerprint density at radius 2 is 2.07 bits per heavy atom. The minimum absolute atomic E-state index is 0.410.